The Morgan fingerprint density at radius 3 is 2.26 bits per heavy atom. The van der Waals surface area contributed by atoms with Gasteiger partial charge in [-0.05, 0) is 70.7 Å². The quantitative estimate of drug-likeness (QED) is 0.662. The summed E-state index contributed by atoms with van der Waals surface area (Å²) in [6.07, 6.45) is 0.0302. The summed E-state index contributed by atoms with van der Waals surface area (Å²) in [7, 11) is -4.13. The van der Waals surface area contributed by atoms with Gasteiger partial charge in [-0.3, -0.25) is 4.79 Å². The van der Waals surface area contributed by atoms with Crippen LogP contribution >= 0.6 is 0 Å². The first kappa shape index (κ1) is 24.5. The number of ether oxygens (including phenoxy) is 2. The molecule has 170 valence electrons. The maximum atomic E-state index is 13.1. The Morgan fingerprint density at radius 2 is 1.77 bits per heavy atom. The molecule has 1 fully saturated rings. The average molecular weight is 452 g/mol. The van der Waals surface area contributed by atoms with Gasteiger partial charge < -0.3 is 19.5 Å². The first-order chi connectivity index (χ1) is 14.5. The van der Waals surface area contributed by atoms with Gasteiger partial charge in [-0.1, -0.05) is 5.92 Å². The highest BCUT2D eigenvalue weighted by Gasteiger charge is 2.42. The Morgan fingerprint density at radius 1 is 1.19 bits per heavy atom. The van der Waals surface area contributed by atoms with Gasteiger partial charge in [0.2, 0.25) is 0 Å². The van der Waals surface area contributed by atoms with Crippen LogP contribution in [0, 0.1) is 17.8 Å². The first-order valence-electron chi connectivity index (χ1n) is 10.0. The number of amides is 1. The summed E-state index contributed by atoms with van der Waals surface area (Å²) in [5.74, 6) is 3.86. The first-order valence-corrected chi connectivity index (χ1v) is 11.6. The molecule has 1 unspecified atom stereocenters. The predicted molar refractivity (Wildman–Crippen MR) is 115 cm³/mol. The second-order valence-corrected chi connectivity index (χ2v) is 10.4. The maximum Gasteiger partial charge on any atom is 0.410 e. The van der Waals surface area contributed by atoms with Gasteiger partial charge in [0.15, 0.2) is 15.1 Å². The van der Waals surface area contributed by atoms with E-state index in [2.05, 4.69) is 11.8 Å². The molecule has 0 aromatic heterocycles. The van der Waals surface area contributed by atoms with Crippen molar-refractivity contribution in [2.24, 2.45) is 5.92 Å². The number of carboxylic acids is 1. The minimum absolute atomic E-state index is 0.0802. The molecule has 0 bridgehead atoms. The molecule has 0 radical (unpaired) electrons. The van der Waals surface area contributed by atoms with Crippen LogP contribution in [0.25, 0.3) is 0 Å². The fourth-order valence-electron chi connectivity index (χ4n) is 3.36. The number of benzene rings is 1. The van der Waals surface area contributed by atoms with E-state index in [4.69, 9.17) is 9.47 Å². The molecule has 1 amide bonds. The van der Waals surface area contributed by atoms with Gasteiger partial charge >= 0.3 is 12.1 Å². The molecule has 31 heavy (non-hydrogen) atoms. The average Bonchev–Trinajstić information content (AvgIpc) is 2.67. The fraction of sp³-hybridized carbons (Fsp3) is 0.545. The molecular formula is C22H29NO7S. The number of likely N-dealkylation sites (tertiary alicyclic amines) is 1. The van der Waals surface area contributed by atoms with Gasteiger partial charge in [-0.2, -0.15) is 0 Å². The predicted octanol–water partition coefficient (Wildman–Crippen LogP) is 2.96. The minimum atomic E-state index is -4.13. The van der Waals surface area contributed by atoms with E-state index in [0.717, 1.165) is 0 Å². The van der Waals surface area contributed by atoms with Crippen LogP contribution in [0.4, 0.5) is 4.79 Å². The van der Waals surface area contributed by atoms with E-state index in [1.54, 1.807) is 27.7 Å². The van der Waals surface area contributed by atoms with Crippen molar-refractivity contribution in [2.75, 3.05) is 19.7 Å². The van der Waals surface area contributed by atoms with Crippen molar-refractivity contribution < 1.29 is 32.6 Å². The van der Waals surface area contributed by atoms with E-state index in [1.807, 2.05) is 0 Å². The summed E-state index contributed by atoms with van der Waals surface area (Å²) in [5, 5.41) is 8.13. The van der Waals surface area contributed by atoms with Crippen LogP contribution in [0.3, 0.4) is 0 Å². The number of hydrogen-bond donors (Lipinski definition) is 1. The zero-order valence-electron chi connectivity index (χ0n) is 18.3. The molecular weight excluding hydrogens is 422 g/mol. The van der Waals surface area contributed by atoms with Crippen LogP contribution in [0.15, 0.2) is 29.2 Å². The molecule has 1 aliphatic heterocycles. The summed E-state index contributed by atoms with van der Waals surface area (Å²) >= 11 is 0. The zero-order valence-corrected chi connectivity index (χ0v) is 19.1. The largest absolute Gasteiger partial charge is 0.481 e. The second-order valence-electron chi connectivity index (χ2n) is 8.30. The Labute approximate surface area is 183 Å². The van der Waals surface area contributed by atoms with E-state index in [1.165, 1.54) is 29.2 Å². The Hall–Kier alpha value is -2.73. The number of hydrogen-bond acceptors (Lipinski definition) is 6. The third-order valence-corrected chi connectivity index (χ3v) is 7.02. The van der Waals surface area contributed by atoms with Gasteiger partial charge in [0, 0.05) is 13.1 Å². The molecule has 1 heterocycles. The number of carboxylic acid groups (broad SMARTS) is 1. The standard InChI is InChI=1S/C22H29NO7S/c1-5-6-15-29-17-7-9-18(10-8-17)31(27,28)19(20(24)25)16-11-13-23(14-12-16)21(26)30-22(2,3)4/h7-10,16,19H,11-15H2,1-4H3,(H,24,25). The lowest BCUT2D eigenvalue weighted by Gasteiger charge is -2.35. The number of carbonyl (C=O) groups is 2. The topological polar surface area (TPSA) is 110 Å². The van der Waals surface area contributed by atoms with Gasteiger partial charge in [0.1, 0.15) is 18.0 Å². The molecule has 8 nitrogen and oxygen atoms in total. The zero-order chi connectivity index (χ0) is 23.2. The van der Waals surface area contributed by atoms with E-state index in [-0.39, 0.29) is 37.4 Å². The van der Waals surface area contributed by atoms with Crippen LogP contribution in [0.1, 0.15) is 40.5 Å². The summed E-state index contributed by atoms with van der Waals surface area (Å²) in [6, 6.07) is 5.65. The Balaban J connectivity index is 2.12. The highest BCUT2D eigenvalue weighted by Crippen LogP contribution is 2.31. The monoisotopic (exact) mass is 451 g/mol. The molecule has 1 aromatic rings. The van der Waals surface area contributed by atoms with E-state index in [9.17, 15) is 23.1 Å². The van der Waals surface area contributed by atoms with Gasteiger partial charge in [-0.25, -0.2) is 13.2 Å². The van der Waals surface area contributed by atoms with Crippen molar-refractivity contribution in [2.45, 2.75) is 56.3 Å². The molecule has 2 rings (SSSR count). The Bertz CT molecular complexity index is 944. The molecule has 9 heteroatoms. The van der Waals surface area contributed by atoms with Crippen molar-refractivity contribution in [3.05, 3.63) is 24.3 Å². The molecule has 0 saturated carbocycles. The smallest absolute Gasteiger partial charge is 0.410 e. The third kappa shape index (κ3) is 6.62. The van der Waals surface area contributed by atoms with Crippen molar-refractivity contribution in [3.63, 3.8) is 0 Å². The van der Waals surface area contributed by atoms with Gasteiger partial charge in [-0.15, -0.1) is 5.92 Å². The highest BCUT2D eigenvalue weighted by atomic mass is 32.2. The van der Waals surface area contributed by atoms with Gasteiger partial charge in [0.25, 0.3) is 0 Å². The number of rotatable bonds is 6. The van der Waals surface area contributed by atoms with Crippen molar-refractivity contribution >= 4 is 21.9 Å². The van der Waals surface area contributed by atoms with E-state index in [0.29, 0.717) is 5.75 Å². The normalized spacial score (nSPS) is 16.1. The summed E-state index contributed by atoms with van der Waals surface area (Å²) in [4.78, 5) is 25.6. The van der Waals surface area contributed by atoms with Crippen molar-refractivity contribution in [1.82, 2.24) is 4.90 Å². The number of carbonyl (C=O) groups excluding carboxylic acids is 1. The summed E-state index contributed by atoms with van der Waals surface area (Å²) < 4.78 is 36.9. The lowest BCUT2D eigenvalue weighted by molar-refractivity contribution is -0.137. The van der Waals surface area contributed by atoms with E-state index < -0.39 is 38.7 Å². The van der Waals surface area contributed by atoms with Crippen LogP contribution in [-0.2, 0) is 19.4 Å². The van der Waals surface area contributed by atoms with Crippen LogP contribution in [0.2, 0.25) is 0 Å². The lowest BCUT2D eigenvalue weighted by atomic mass is 9.93. The number of piperidine rings is 1. The number of aliphatic carboxylic acids is 1. The van der Waals surface area contributed by atoms with Crippen LogP contribution in [-0.4, -0.2) is 61.0 Å². The minimum Gasteiger partial charge on any atom is -0.481 e. The molecule has 0 spiro atoms. The molecule has 1 N–H and O–H groups in total. The molecule has 1 saturated heterocycles. The van der Waals surface area contributed by atoms with E-state index >= 15 is 0 Å². The number of nitrogens with zero attached hydrogens (tertiary/aromatic N) is 1. The third-order valence-electron chi connectivity index (χ3n) is 4.84. The Kier molecular flexibility index (Phi) is 7.96. The summed E-state index contributed by atoms with van der Waals surface area (Å²) in [5.41, 5.74) is -0.639. The molecule has 1 aliphatic rings. The second kappa shape index (κ2) is 10.1. The molecule has 0 aliphatic carbocycles. The molecule has 1 aromatic carbocycles. The SMILES string of the molecule is CC#CCOc1ccc(S(=O)(=O)C(C(=O)O)C2CCN(C(=O)OC(C)(C)C)CC2)cc1. The fourth-order valence-corrected chi connectivity index (χ4v) is 5.22. The maximum absolute atomic E-state index is 13.1. The van der Waals surface area contributed by atoms with Crippen molar-refractivity contribution in [1.29, 1.82) is 0 Å². The number of sulfone groups is 1. The molecule has 1 atom stereocenters. The van der Waals surface area contributed by atoms with Gasteiger partial charge in [0.05, 0.1) is 4.90 Å². The lowest BCUT2D eigenvalue weighted by Crippen LogP contribution is -2.47. The highest BCUT2D eigenvalue weighted by molar-refractivity contribution is 7.92. The van der Waals surface area contributed by atoms with Crippen molar-refractivity contribution in [3.8, 4) is 17.6 Å². The van der Waals surface area contributed by atoms with Crippen LogP contribution < -0.4 is 4.74 Å². The summed E-state index contributed by atoms with van der Waals surface area (Å²) in [6.45, 7) is 7.63. The van der Waals surface area contributed by atoms with Crippen LogP contribution in [0.5, 0.6) is 5.75 Å².